The number of benzene rings is 2. The van der Waals surface area contributed by atoms with E-state index in [-0.39, 0.29) is 29.5 Å². The summed E-state index contributed by atoms with van der Waals surface area (Å²) in [5.74, 6) is -1.25. The first-order valence-electron chi connectivity index (χ1n) is 6.01. The van der Waals surface area contributed by atoms with Crippen molar-refractivity contribution in [1.82, 2.24) is 0 Å². The molecule has 110 valence electrons. The number of nitrogens with one attached hydrogen (secondary N) is 1. The summed E-state index contributed by atoms with van der Waals surface area (Å²) in [6.07, 6.45) is -1.08. The molecule has 0 fully saturated rings. The molecule has 5 N–H and O–H groups in total. The first-order chi connectivity index (χ1) is 9.97. The summed E-state index contributed by atoms with van der Waals surface area (Å²) >= 11 is 0. The molecule has 1 amide bonds. The van der Waals surface area contributed by atoms with Gasteiger partial charge >= 0.3 is 6.09 Å². The van der Waals surface area contributed by atoms with E-state index in [2.05, 4.69) is 10.1 Å². The number of carbonyl (C=O) groups excluding carboxylic acids is 1. The maximum atomic E-state index is 14.0. The predicted octanol–water partition coefficient (Wildman–Crippen LogP) is 2.62. The molecule has 7 heteroatoms. The lowest BCUT2D eigenvalue weighted by Gasteiger charge is -2.11. The van der Waals surface area contributed by atoms with Gasteiger partial charge < -0.3 is 21.5 Å². The topological polar surface area (TPSA) is 90.4 Å². The minimum Gasteiger partial charge on any atom is -0.408 e. The molecule has 2 aromatic carbocycles. The number of rotatable bonds is 4. The second-order valence-electron chi connectivity index (χ2n) is 4.24. The minimum atomic E-state index is -1.08. The van der Waals surface area contributed by atoms with Crippen LogP contribution in [0.3, 0.4) is 0 Å². The molecule has 21 heavy (non-hydrogen) atoms. The number of hydrogen-bond acceptors (Lipinski definition) is 4. The van der Waals surface area contributed by atoms with Crippen LogP contribution in [0.5, 0.6) is 5.75 Å². The molecular weight excluding hydrogens is 280 g/mol. The van der Waals surface area contributed by atoms with Gasteiger partial charge in [-0.2, -0.15) is 0 Å². The third kappa shape index (κ3) is 3.59. The van der Waals surface area contributed by atoms with Crippen LogP contribution < -0.4 is 21.5 Å². The molecule has 2 aromatic rings. The Morgan fingerprint density at radius 1 is 1.14 bits per heavy atom. The molecule has 0 saturated heterocycles. The fraction of sp³-hybridized carbons (Fsp3) is 0.0714. The van der Waals surface area contributed by atoms with Crippen LogP contribution in [0, 0.1) is 11.6 Å². The van der Waals surface area contributed by atoms with Crippen LogP contribution in [-0.4, -0.2) is 6.09 Å². The summed E-state index contributed by atoms with van der Waals surface area (Å²) in [4.78, 5) is 10.6. The van der Waals surface area contributed by atoms with Crippen LogP contribution in [0.4, 0.5) is 25.0 Å². The smallest absolute Gasteiger partial charge is 0.408 e. The third-order valence-electron chi connectivity index (χ3n) is 2.75. The summed E-state index contributed by atoms with van der Waals surface area (Å²) < 4.78 is 31.3. The monoisotopic (exact) mass is 293 g/mol. The molecule has 0 heterocycles. The van der Waals surface area contributed by atoms with Crippen molar-refractivity contribution in [2.45, 2.75) is 6.54 Å². The highest BCUT2D eigenvalue weighted by Gasteiger charge is 2.13. The SMILES string of the molecule is NC(=O)Oc1ccc(NCc2ccc(F)cc2)c(F)c1N. The van der Waals surface area contributed by atoms with Gasteiger partial charge in [-0.15, -0.1) is 0 Å². The Morgan fingerprint density at radius 2 is 1.81 bits per heavy atom. The van der Waals surface area contributed by atoms with Gasteiger partial charge in [-0.05, 0) is 29.8 Å². The molecule has 5 nitrogen and oxygen atoms in total. The number of hydrogen-bond donors (Lipinski definition) is 3. The summed E-state index contributed by atoms with van der Waals surface area (Å²) in [6, 6.07) is 8.48. The third-order valence-corrected chi connectivity index (χ3v) is 2.75. The zero-order valence-corrected chi connectivity index (χ0v) is 10.9. The van der Waals surface area contributed by atoms with E-state index in [9.17, 15) is 13.6 Å². The van der Waals surface area contributed by atoms with E-state index in [0.29, 0.717) is 0 Å². The van der Waals surface area contributed by atoms with Crippen molar-refractivity contribution in [1.29, 1.82) is 0 Å². The van der Waals surface area contributed by atoms with E-state index in [1.807, 2.05) is 0 Å². The van der Waals surface area contributed by atoms with Crippen LogP contribution in [0.2, 0.25) is 0 Å². The first kappa shape index (κ1) is 14.6. The van der Waals surface area contributed by atoms with Gasteiger partial charge in [-0.1, -0.05) is 12.1 Å². The van der Waals surface area contributed by atoms with Crippen molar-refractivity contribution < 1.29 is 18.3 Å². The molecule has 2 rings (SSSR count). The summed E-state index contributed by atoms with van der Waals surface area (Å²) in [7, 11) is 0. The number of halogens is 2. The Kier molecular flexibility index (Phi) is 4.22. The van der Waals surface area contributed by atoms with Crippen molar-refractivity contribution in [2.75, 3.05) is 11.1 Å². The average Bonchev–Trinajstić information content (AvgIpc) is 2.44. The van der Waals surface area contributed by atoms with Crippen LogP contribution in [0.25, 0.3) is 0 Å². The normalized spacial score (nSPS) is 10.2. The van der Waals surface area contributed by atoms with Gasteiger partial charge in [0.2, 0.25) is 0 Å². The largest absolute Gasteiger partial charge is 0.410 e. The minimum absolute atomic E-state index is 0.133. The van der Waals surface area contributed by atoms with Crippen molar-refractivity contribution in [3.8, 4) is 5.75 Å². The van der Waals surface area contributed by atoms with E-state index in [0.717, 1.165) is 5.56 Å². The molecule has 0 unspecified atom stereocenters. The van der Waals surface area contributed by atoms with Gasteiger partial charge in [0.1, 0.15) is 11.5 Å². The van der Waals surface area contributed by atoms with Crippen molar-refractivity contribution in [3.63, 3.8) is 0 Å². The van der Waals surface area contributed by atoms with Gasteiger partial charge in [-0.25, -0.2) is 13.6 Å². The van der Waals surface area contributed by atoms with Gasteiger partial charge in [0.15, 0.2) is 11.6 Å². The van der Waals surface area contributed by atoms with E-state index in [1.54, 1.807) is 12.1 Å². The highest BCUT2D eigenvalue weighted by Crippen LogP contribution is 2.30. The molecule has 0 saturated carbocycles. The van der Waals surface area contributed by atoms with Crippen molar-refractivity contribution in [2.24, 2.45) is 5.73 Å². The highest BCUT2D eigenvalue weighted by molar-refractivity contribution is 5.73. The Balaban J connectivity index is 2.12. The number of nitrogen functional groups attached to an aromatic ring is 1. The molecule has 0 atom stereocenters. The van der Waals surface area contributed by atoms with E-state index >= 15 is 0 Å². The Bertz CT molecular complexity index is 660. The summed E-state index contributed by atoms with van der Waals surface area (Å²) in [6.45, 7) is 0.284. The standard InChI is InChI=1S/C14H13F2N3O2/c15-9-3-1-8(2-4-9)7-19-10-5-6-11(21-14(18)20)13(17)12(10)16/h1-6,19H,7,17H2,(H2,18,20). The van der Waals surface area contributed by atoms with Crippen LogP contribution >= 0.6 is 0 Å². The second kappa shape index (κ2) is 6.08. The molecule has 0 aromatic heterocycles. The zero-order chi connectivity index (χ0) is 15.4. The number of primary amides is 1. The second-order valence-corrected chi connectivity index (χ2v) is 4.24. The van der Waals surface area contributed by atoms with E-state index in [4.69, 9.17) is 11.5 Å². The molecule has 0 spiro atoms. The Labute approximate surface area is 119 Å². The molecule has 0 aliphatic rings. The Hall–Kier alpha value is -2.83. The lowest BCUT2D eigenvalue weighted by atomic mass is 10.2. The van der Waals surface area contributed by atoms with Crippen LogP contribution in [0.15, 0.2) is 36.4 Å². The lowest BCUT2D eigenvalue weighted by molar-refractivity contribution is 0.211. The van der Waals surface area contributed by atoms with Crippen LogP contribution in [-0.2, 0) is 6.54 Å². The van der Waals surface area contributed by atoms with Crippen molar-refractivity contribution >= 4 is 17.5 Å². The Morgan fingerprint density at radius 3 is 2.43 bits per heavy atom. The highest BCUT2D eigenvalue weighted by atomic mass is 19.1. The lowest BCUT2D eigenvalue weighted by Crippen LogP contribution is -2.17. The molecule has 0 aliphatic carbocycles. The first-order valence-corrected chi connectivity index (χ1v) is 6.01. The van der Waals surface area contributed by atoms with Crippen LogP contribution in [0.1, 0.15) is 5.56 Å². The van der Waals surface area contributed by atoms with Gasteiger partial charge in [0, 0.05) is 6.54 Å². The molecule has 0 aliphatic heterocycles. The van der Waals surface area contributed by atoms with Gasteiger partial charge in [0.25, 0.3) is 0 Å². The van der Waals surface area contributed by atoms with Crippen molar-refractivity contribution in [3.05, 3.63) is 53.6 Å². The number of carbonyl (C=O) groups is 1. The summed E-state index contributed by atoms with van der Waals surface area (Å²) in [5.41, 5.74) is 10.9. The predicted molar refractivity (Wildman–Crippen MR) is 74.8 cm³/mol. The fourth-order valence-corrected chi connectivity index (χ4v) is 1.71. The molecular formula is C14H13F2N3O2. The number of amides is 1. The van der Waals surface area contributed by atoms with Gasteiger partial charge in [0.05, 0.1) is 5.69 Å². The molecule has 0 radical (unpaired) electrons. The number of anilines is 2. The summed E-state index contributed by atoms with van der Waals surface area (Å²) in [5, 5.41) is 2.82. The number of ether oxygens (including phenoxy) is 1. The maximum Gasteiger partial charge on any atom is 0.410 e. The fourth-order valence-electron chi connectivity index (χ4n) is 1.71. The van der Waals surface area contributed by atoms with E-state index in [1.165, 1.54) is 24.3 Å². The number of nitrogens with two attached hydrogens (primary N) is 2. The average molecular weight is 293 g/mol. The quantitative estimate of drug-likeness (QED) is 0.756. The van der Waals surface area contributed by atoms with E-state index < -0.39 is 11.9 Å². The maximum absolute atomic E-state index is 14.0. The zero-order valence-electron chi connectivity index (χ0n) is 10.9. The molecule has 0 bridgehead atoms. The van der Waals surface area contributed by atoms with Gasteiger partial charge in [-0.3, -0.25) is 0 Å².